The van der Waals surface area contributed by atoms with Gasteiger partial charge in [0.2, 0.25) is 5.91 Å². The molecule has 104 valence electrons. The van der Waals surface area contributed by atoms with Crippen LogP contribution in [0.1, 0.15) is 32.6 Å². The Kier molecular flexibility index (Phi) is 5.53. The first-order valence-electron chi connectivity index (χ1n) is 6.68. The summed E-state index contributed by atoms with van der Waals surface area (Å²) in [5.41, 5.74) is 5.27. The fourth-order valence-corrected chi connectivity index (χ4v) is 2.60. The SMILES string of the molecule is CCCN(CCN(C)C)C(=O)C1(C(N)=S)CCC1. The Morgan fingerprint density at radius 3 is 2.22 bits per heavy atom. The highest BCUT2D eigenvalue weighted by Crippen LogP contribution is 2.42. The van der Waals surface area contributed by atoms with E-state index in [0.717, 1.165) is 45.3 Å². The standard InChI is InChI=1S/C13H25N3OS/c1-4-8-16(10-9-15(2)3)12(17)13(11(14)18)6-5-7-13/h4-10H2,1-3H3,(H2,14,18). The Bertz CT molecular complexity index is 313. The predicted molar refractivity (Wildman–Crippen MR) is 78.5 cm³/mol. The van der Waals surface area contributed by atoms with Gasteiger partial charge in [-0.05, 0) is 33.4 Å². The van der Waals surface area contributed by atoms with E-state index >= 15 is 0 Å². The summed E-state index contributed by atoms with van der Waals surface area (Å²) in [6.07, 6.45) is 3.66. The van der Waals surface area contributed by atoms with Crippen molar-refractivity contribution in [2.75, 3.05) is 33.7 Å². The van der Waals surface area contributed by atoms with Crippen molar-refractivity contribution in [1.29, 1.82) is 0 Å². The molecule has 0 aromatic heterocycles. The molecule has 0 bridgehead atoms. The van der Waals surface area contributed by atoms with Gasteiger partial charge in [-0.1, -0.05) is 25.6 Å². The number of nitrogens with two attached hydrogens (primary N) is 1. The van der Waals surface area contributed by atoms with Crippen LogP contribution in [0.5, 0.6) is 0 Å². The lowest BCUT2D eigenvalue weighted by Gasteiger charge is -2.42. The van der Waals surface area contributed by atoms with Gasteiger partial charge in [-0.25, -0.2) is 0 Å². The average Bonchev–Trinajstić information content (AvgIpc) is 2.21. The van der Waals surface area contributed by atoms with Crippen molar-refractivity contribution >= 4 is 23.1 Å². The Balaban J connectivity index is 2.72. The van der Waals surface area contributed by atoms with Gasteiger partial charge < -0.3 is 15.5 Å². The van der Waals surface area contributed by atoms with Gasteiger partial charge in [-0.2, -0.15) is 0 Å². The van der Waals surface area contributed by atoms with Gasteiger partial charge in [-0.3, -0.25) is 4.79 Å². The Labute approximate surface area is 115 Å². The van der Waals surface area contributed by atoms with Crippen LogP contribution in [0.4, 0.5) is 0 Å². The second-order valence-corrected chi connectivity index (χ2v) is 5.84. The van der Waals surface area contributed by atoms with E-state index in [2.05, 4.69) is 11.8 Å². The van der Waals surface area contributed by atoms with Crippen LogP contribution in [0.15, 0.2) is 0 Å². The highest BCUT2D eigenvalue weighted by atomic mass is 32.1. The maximum atomic E-state index is 12.6. The first-order chi connectivity index (χ1) is 8.44. The van der Waals surface area contributed by atoms with Crippen molar-refractivity contribution < 1.29 is 4.79 Å². The van der Waals surface area contributed by atoms with Gasteiger partial charge in [0.25, 0.3) is 0 Å². The van der Waals surface area contributed by atoms with E-state index in [4.69, 9.17) is 18.0 Å². The summed E-state index contributed by atoms with van der Waals surface area (Å²) in [6.45, 7) is 4.50. The molecule has 4 nitrogen and oxygen atoms in total. The molecule has 0 unspecified atom stereocenters. The van der Waals surface area contributed by atoms with Gasteiger partial charge in [-0.15, -0.1) is 0 Å². The third-order valence-electron chi connectivity index (χ3n) is 3.69. The fraction of sp³-hybridized carbons (Fsp3) is 0.846. The molecular formula is C13H25N3OS. The van der Waals surface area contributed by atoms with E-state index in [0.29, 0.717) is 4.99 Å². The van der Waals surface area contributed by atoms with E-state index in [-0.39, 0.29) is 5.91 Å². The van der Waals surface area contributed by atoms with Crippen LogP contribution in [0.2, 0.25) is 0 Å². The van der Waals surface area contributed by atoms with Crippen LogP contribution in [0.25, 0.3) is 0 Å². The van der Waals surface area contributed by atoms with Crippen LogP contribution in [-0.2, 0) is 4.79 Å². The number of thiocarbonyl (C=S) groups is 1. The molecule has 18 heavy (non-hydrogen) atoms. The van der Waals surface area contributed by atoms with E-state index in [9.17, 15) is 4.79 Å². The molecule has 0 spiro atoms. The molecule has 0 atom stereocenters. The Hall–Kier alpha value is -0.680. The molecule has 2 N–H and O–H groups in total. The van der Waals surface area contributed by atoms with Crippen LogP contribution in [0, 0.1) is 5.41 Å². The third kappa shape index (κ3) is 3.20. The molecule has 0 radical (unpaired) electrons. The van der Waals surface area contributed by atoms with Crippen molar-refractivity contribution in [2.45, 2.75) is 32.6 Å². The number of amides is 1. The maximum Gasteiger partial charge on any atom is 0.235 e. The summed E-state index contributed by atoms with van der Waals surface area (Å²) in [5.74, 6) is 0.143. The molecule has 1 aliphatic rings. The highest BCUT2D eigenvalue weighted by molar-refractivity contribution is 7.80. The normalized spacial score (nSPS) is 17.3. The molecule has 0 heterocycles. The quantitative estimate of drug-likeness (QED) is 0.708. The van der Waals surface area contributed by atoms with Gasteiger partial charge in [0.15, 0.2) is 0 Å². The molecule has 0 saturated heterocycles. The molecule has 1 fully saturated rings. The van der Waals surface area contributed by atoms with Gasteiger partial charge in [0, 0.05) is 19.6 Å². The number of carbonyl (C=O) groups is 1. The summed E-state index contributed by atoms with van der Waals surface area (Å²) in [6, 6.07) is 0. The van der Waals surface area contributed by atoms with Crippen LogP contribution in [-0.4, -0.2) is 54.4 Å². The zero-order valence-electron chi connectivity index (χ0n) is 11.7. The number of nitrogens with zero attached hydrogens (tertiary/aromatic N) is 2. The summed E-state index contributed by atoms with van der Waals surface area (Å²) in [5, 5.41) is 0. The summed E-state index contributed by atoms with van der Waals surface area (Å²) in [7, 11) is 4.03. The minimum atomic E-state index is -0.531. The zero-order valence-corrected chi connectivity index (χ0v) is 12.6. The smallest absolute Gasteiger partial charge is 0.235 e. The lowest BCUT2D eigenvalue weighted by Crippen LogP contribution is -2.55. The van der Waals surface area contributed by atoms with Crippen molar-refractivity contribution in [1.82, 2.24) is 9.80 Å². The van der Waals surface area contributed by atoms with E-state index in [1.165, 1.54) is 0 Å². The summed E-state index contributed by atoms with van der Waals surface area (Å²) < 4.78 is 0. The predicted octanol–water partition coefficient (Wildman–Crippen LogP) is 1.24. The van der Waals surface area contributed by atoms with Crippen LogP contribution in [0.3, 0.4) is 0 Å². The van der Waals surface area contributed by atoms with Gasteiger partial charge in [0.05, 0.1) is 10.4 Å². The lowest BCUT2D eigenvalue weighted by molar-refractivity contribution is -0.142. The largest absolute Gasteiger partial charge is 0.392 e. The van der Waals surface area contributed by atoms with Crippen molar-refractivity contribution in [3.05, 3.63) is 0 Å². The lowest BCUT2D eigenvalue weighted by atomic mass is 9.67. The third-order valence-corrected chi connectivity index (χ3v) is 4.08. The van der Waals surface area contributed by atoms with Crippen molar-refractivity contribution in [3.63, 3.8) is 0 Å². The molecule has 0 aromatic rings. The number of hydrogen-bond acceptors (Lipinski definition) is 3. The zero-order chi connectivity index (χ0) is 13.8. The van der Waals surface area contributed by atoms with E-state index < -0.39 is 5.41 Å². The van der Waals surface area contributed by atoms with Crippen LogP contribution >= 0.6 is 12.2 Å². The van der Waals surface area contributed by atoms with Gasteiger partial charge in [0.1, 0.15) is 0 Å². The number of likely N-dealkylation sites (N-methyl/N-ethyl adjacent to an activating group) is 1. The van der Waals surface area contributed by atoms with Crippen molar-refractivity contribution in [3.8, 4) is 0 Å². The Morgan fingerprint density at radius 1 is 1.28 bits per heavy atom. The maximum absolute atomic E-state index is 12.6. The molecule has 5 heteroatoms. The number of hydrogen-bond donors (Lipinski definition) is 1. The van der Waals surface area contributed by atoms with E-state index in [1.807, 2.05) is 19.0 Å². The molecule has 1 amide bonds. The second kappa shape index (κ2) is 6.48. The molecule has 0 aromatic carbocycles. The fourth-order valence-electron chi connectivity index (χ4n) is 2.30. The van der Waals surface area contributed by atoms with Gasteiger partial charge >= 0.3 is 0 Å². The number of carbonyl (C=O) groups excluding carboxylic acids is 1. The number of rotatable bonds is 7. The molecule has 1 aliphatic carbocycles. The summed E-state index contributed by atoms with van der Waals surface area (Å²) in [4.78, 5) is 17.0. The Morgan fingerprint density at radius 2 is 1.89 bits per heavy atom. The molecule has 1 saturated carbocycles. The minimum Gasteiger partial charge on any atom is -0.392 e. The second-order valence-electron chi connectivity index (χ2n) is 5.40. The summed E-state index contributed by atoms with van der Waals surface area (Å²) >= 11 is 5.12. The van der Waals surface area contributed by atoms with Crippen molar-refractivity contribution in [2.24, 2.45) is 11.1 Å². The average molecular weight is 271 g/mol. The van der Waals surface area contributed by atoms with E-state index in [1.54, 1.807) is 0 Å². The van der Waals surface area contributed by atoms with Crippen LogP contribution < -0.4 is 5.73 Å². The molecular weight excluding hydrogens is 246 g/mol. The monoisotopic (exact) mass is 271 g/mol. The molecule has 0 aliphatic heterocycles. The highest BCUT2D eigenvalue weighted by Gasteiger charge is 2.48. The first-order valence-corrected chi connectivity index (χ1v) is 7.09. The first kappa shape index (κ1) is 15.4. The molecule has 1 rings (SSSR count). The topological polar surface area (TPSA) is 49.6 Å². The minimum absolute atomic E-state index is 0.143.